The van der Waals surface area contributed by atoms with E-state index in [1.807, 2.05) is 30.3 Å². The molecule has 0 unspecified atom stereocenters. The minimum absolute atomic E-state index is 0.0724. The zero-order chi connectivity index (χ0) is 22.2. The van der Waals surface area contributed by atoms with Gasteiger partial charge in [0.15, 0.2) is 0 Å². The van der Waals surface area contributed by atoms with E-state index in [1.54, 1.807) is 29.2 Å². The molecule has 1 fully saturated rings. The van der Waals surface area contributed by atoms with Crippen molar-refractivity contribution in [2.24, 2.45) is 0 Å². The molecule has 9 heteroatoms. The van der Waals surface area contributed by atoms with E-state index in [1.165, 1.54) is 7.11 Å². The lowest BCUT2D eigenvalue weighted by atomic mass is 10.1. The number of methoxy groups -OCH3 is 1. The van der Waals surface area contributed by atoms with E-state index in [4.69, 9.17) is 9.47 Å². The highest BCUT2D eigenvalue weighted by molar-refractivity contribution is 5.89. The molecular weight excluding hydrogens is 412 g/mol. The fourth-order valence-corrected chi connectivity index (χ4v) is 3.41. The molecule has 2 atom stereocenters. The molecule has 2 aromatic carbocycles. The van der Waals surface area contributed by atoms with Crippen LogP contribution in [-0.2, 0) is 25.6 Å². The first kappa shape index (κ1) is 22.5. The minimum atomic E-state index is -2.90. The number of nitrogens with zero attached hydrogens (tertiary/aromatic N) is 1. The maximum atomic E-state index is 12.6. The van der Waals surface area contributed by atoms with Gasteiger partial charge in [0.2, 0.25) is 0 Å². The summed E-state index contributed by atoms with van der Waals surface area (Å²) in [6, 6.07) is 15.2. The smallest absolute Gasteiger partial charge is 0.465 e. The monoisotopic (exact) mass is 435 g/mol. The number of carbonyl (C=O) groups excluding carboxylic acids is 2. The molecule has 0 aromatic heterocycles. The molecule has 1 aliphatic rings. The molecule has 1 heterocycles. The van der Waals surface area contributed by atoms with Crippen LogP contribution in [0.1, 0.15) is 22.3 Å². The molecule has 1 aliphatic heterocycles. The van der Waals surface area contributed by atoms with Crippen LogP contribution in [0.25, 0.3) is 0 Å². The summed E-state index contributed by atoms with van der Waals surface area (Å²) in [6.45, 7) is -2.80. The van der Waals surface area contributed by atoms with Crippen molar-refractivity contribution in [1.29, 1.82) is 0 Å². The molecule has 0 bridgehead atoms. The summed E-state index contributed by atoms with van der Waals surface area (Å²) >= 11 is 0. The van der Waals surface area contributed by atoms with E-state index in [0.717, 1.165) is 5.56 Å². The highest BCUT2D eigenvalue weighted by Gasteiger charge is 2.35. The van der Waals surface area contributed by atoms with Crippen molar-refractivity contribution < 1.29 is 37.3 Å². The van der Waals surface area contributed by atoms with Crippen LogP contribution in [0.3, 0.4) is 0 Å². The lowest BCUT2D eigenvalue weighted by molar-refractivity contribution is -0.132. The lowest BCUT2D eigenvalue weighted by Gasteiger charge is -2.26. The van der Waals surface area contributed by atoms with Crippen LogP contribution >= 0.6 is 0 Å². The first-order valence-electron chi connectivity index (χ1n) is 9.68. The van der Waals surface area contributed by atoms with Gasteiger partial charge in [0, 0.05) is 12.1 Å². The fourth-order valence-electron chi connectivity index (χ4n) is 3.41. The number of hydrogen-bond donors (Lipinski definition) is 0. The third-order valence-electron chi connectivity index (χ3n) is 4.87. The minimum Gasteiger partial charge on any atom is -0.465 e. The highest BCUT2D eigenvalue weighted by Crippen LogP contribution is 2.28. The van der Waals surface area contributed by atoms with Gasteiger partial charge >= 0.3 is 18.7 Å². The second-order valence-electron chi connectivity index (χ2n) is 6.94. The van der Waals surface area contributed by atoms with E-state index >= 15 is 0 Å². The third-order valence-corrected chi connectivity index (χ3v) is 4.87. The van der Waals surface area contributed by atoms with Gasteiger partial charge in [-0.05, 0) is 29.8 Å². The number of carbonyl (C=O) groups is 2. The van der Waals surface area contributed by atoms with Crippen LogP contribution < -0.4 is 4.90 Å². The number of benzene rings is 2. The Kier molecular flexibility index (Phi) is 7.77. The zero-order valence-corrected chi connectivity index (χ0v) is 16.9. The summed E-state index contributed by atoms with van der Waals surface area (Å²) < 4.78 is 44.8. The second-order valence-corrected chi connectivity index (χ2v) is 6.94. The second kappa shape index (κ2) is 10.7. The molecule has 166 valence electrons. The standard InChI is InChI=1S/C22H23F2NO6/c1-28-20(26)16-7-9-17(10-8-16)25-12-19(11-18(25)14-29-21(23)24)31-22(27)30-13-15-5-3-2-4-6-15/h2-10,18-19,21H,11-14H2,1H3/t18-,19+/m0/s1. The van der Waals surface area contributed by atoms with Gasteiger partial charge in [0.1, 0.15) is 12.7 Å². The van der Waals surface area contributed by atoms with E-state index in [0.29, 0.717) is 17.7 Å². The summed E-state index contributed by atoms with van der Waals surface area (Å²) in [7, 11) is 1.28. The topological polar surface area (TPSA) is 74.3 Å². The van der Waals surface area contributed by atoms with Crippen LogP contribution in [0.15, 0.2) is 54.6 Å². The SMILES string of the molecule is COC(=O)c1ccc(N2C[C@H](OC(=O)OCc3ccccc3)C[C@H]2COC(F)F)cc1. The molecule has 0 N–H and O–H groups in total. The van der Waals surface area contributed by atoms with Crippen LogP contribution in [0.2, 0.25) is 0 Å². The Morgan fingerprint density at radius 1 is 1.10 bits per heavy atom. The van der Waals surface area contributed by atoms with Crippen molar-refractivity contribution >= 4 is 17.8 Å². The van der Waals surface area contributed by atoms with Gasteiger partial charge in [-0.2, -0.15) is 8.78 Å². The Balaban J connectivity index is 1.62. The van der Waals surface area contributed by atoms with Crippen molar-refractivity contribution in [2.75, 3.05) is 25.2 Å². The number of halogens is 2. The summed E-state index contributed by atoms with van der Waals surface area (Å²) in [6.07, 6.45) is -1.09. The van der Waals surface area contributed by atoms with E-state index in [9.17, 15) is 18.4 Å². The molecule has 7 nitrogen and oxygen atoms in total. The molecule has 0 amide bonds. The number of ether oxygens (including phenoxy) is 4. The molecule has 0 aliphatic carbocycles. The molecule has 31 heavy (non-hydrogen) atoms. The predicted molar refractivity (Wildman–Crippen MR) is 107 cm³/mol. The fraction of sp³-hybridized carbons (Fsp3) is 0.364. The summed E-state index contributed by atoms with van der Waals surface area (Å²) in [4.78, 5) is 25.5. The van der Waals surface area contributed by atoms with E-state index in [2.05, 4.69) is 9.47 Å². The Bertz CT molecular complexity index is 862. The van der Waals surface area contributed by atoms with Crippen molar-refractivity contribution in [3.63, 3.8) is 0 Å². The zero-order valence-electron chi connectivity index (χ0n) is 16.9. The Labute approximate surface area is 178 Å². The van der Waals surface area contributed by atoms with Gasteiger partial charge in [-0.3, -0.25) is 0 Å². The number of anilines is 1. The molecule has 0 spiro atoms. The van der Waals surface area contributed by atoms with Crippen molar-refractivity contribution in [2.45, 2.75) is 31.8 Å². The van der Waals surface area contributed by atoms with E-state index in [-0.39, 0.29) is 19.8 Å². The van der Waals surface area contributed by atoms with Crippen LogP contribution in [-0.4, -0.2) is 51.1 Å². The lowest BCUT2D eigenvalue weighted by Crippen LogP contribution is -2.34. The van der Waals surface area contributed by atoms with E-state index < -0.39 is 30.9 Å². The summed E-state index contributed by atoms with van der Waals surface area (Å²) in [5.41, 5.74) is 1.86. The predicted octanol–water partition coefficient (Wildman–Crippen LogP) is 4.01. The van der Waals surface area contributed by atoms with Crippen LogP contribution in [0.4, 0.5) is 19.3 Å². The van der Waals surface area contributed by atoms with Crippen LogP contribution in [0, 0.1) is 0 Å². The van der Waals surface area contributed by atoms with Gasteiger partial charge in [-0.15, -0.1) is 0 Å². The average molecular weight is 435 g/mol. The summed E-state index contributed by atoms with van der Waals surface area (Å²) in [5.74, 6) is -0.479. The number of hydrogen-bond acceptors (Lipinski definition) is 7. The highest BCUT2D eigenvalue weighted by atomic mass is 19.3. The largest absolute Gasteiger partial charge is 0.508 e. The Morgan fingerprint density at radius 2 is 1.81 bits per heavy atom. The van der Waals surface area contributed by atoms with Gasteiger partial charge in [0.25, 0.3) is 0 Å². The molecular formula is C22H23F2NO6. The van der Waals surface area contributed by atoms with Crippen LogP contribution in [0.5, 0.6) is 0 Å². The summed E-state index contributed by atoms with van der Waals surface area (Å²) in [5, 5.41) is 0. The molecule has 0 saturated carbocycles. The van der Waals surface area contributed by atoms with Crippen molar-refractivity contribution in [3.8, 4) is 0 Å². The number of esters is 1. The average Bonchev–Trinajstić information content (AvgIpc) is 3.19. The van der Waals surface area contributed by atoms with Gasteiger partial charge < -0.3 is 23.8 Å². The number of rotatable bonds is 8. The maximum Gasteiger partial charge on any atom is 0.508 e. The van der Waals surface area contributed by atoms with Gasteiger partial charge in [-0.25, -0.2) is 9.59 Å². The Morgan fingerprint density at radius 3 is 2.45 bits per heavy atom. The quantitative estimate of drug-likeness (QED) is 0.580. The Hall–Kier alpha value is -3.20. The normalized spacial score (nSPS) is 18.1. The molecule has 3 rings (SSSR count). The maximum absolute atomic E-state index is 12.6. The first-order chi connectivity index (χ1) is 15.0. The third kappa shape index (κ3) is 6.39. The molecule has 0 radical (unpaired) electrons. The van der Waals surface area contributed by atoms with Crippen molar-refractivity contribution in [1.82, 2.24) is 0 Å². The molecule has 2 aromatic rings. The first-order valence-corrected chi connectivity index (χ1v) is 9.68. The van der Waals surface area contributed by atoms with Gasteiger partial charge in [-0.1, -0.05) is 30.3 Å². The number of alkyl halides is 2. The van der Waals surface area contributed by atoms with Crippen molar-refractivity contribution in [3.05, 3.63) is 65.7 Å². The van der Waals surface area contributed by atoms with Gasteiger partial charge in [0.05, 0.1) is 31.9 Å². The molecule has 1 saturated heterocycles.